The van der Waals surface area contributed by atoms with Gasteiger partial charge in [-0.25, -0.2) is 0 Å². The third-order valence-electron chi connectivity index (χ3n) is 5.12. The summed E-state index contributed by atoms with van der Waals surface area (Å²) in [5, 5.41) is 0. The molecule has 4 nitrogen and oxygen atoms in total. The van der Waals surface area contributed by atoms with E-state index in [1.165, 1.54) is 11.1 Å². The van der Waals surface area contributed by atoms with Crippen LogP contribution >= 0.6 is 0 Å². The van der Waals surface area contributed by atoms with Gasteiger partial charge in [-0.05, 0) is 43.2 Å². The minimum absolute atomic E-state index is 0.173. The Morgan fingerprint density at radius 3 is 2.65 bits per heavy atom. The Hall–Kier alpha value is -1.39. The molecule has 2 atom stereocenters. The zero-order chi connectivity index (χ0) is 16.2. The molecule has 0 aliphatic carbocycles. The van der Waals surface area contributed by atoms with Crippen molar-refractivity contribution in [3.05, 3.63) is 35.4 Å². The zero-order valence-corrected chi connectivity index (χ0v) is 14.2. The Labute approximate surface area is 138 Å². The maximum atomic E-state index is 12.5. The highest BCUT2D eigenvalue weighted by Gasteiger charge is 2.35. The second-order valence-electron chi connectivity index (χ2n) is 6.82. The summed E-state index contributed by atoms with van der Waals surface area (Å²) in [6, 6.07) is 8.33. The van der Waals surface area contributed by atoms with E-state index in [0.717, 1.165) is 32.4 Å². The molecule has 0 aromatic heterocycles. The molecule has 0 bridgehead atoms. The standard InChI is InChI=1S/C19H27NO3/c1-14-5-3-4-6-16(14)13-23-17-7-10-20(11-8-17)19(21)18-15(2)9-12-22-18/h3-6,15,17-18H,7-13H2,1-2H3/t15-,18-/m0/s1. The van der Waals surface area contributed by atoms with Gasteiger partial charge in [0.1, 0.15) is 6.10 Å². The third-order valence-corrected chi connectivity index (χ3v) is 5.12. The molecule has 4 heteroatoms. The molecule has 0 radical (unpaired) electrons. The lowest BCUT2D eigenvalue weighted by atomic mass is 10.0. The fourth-order valence-corrected chi connectivity index (χ4v) is 3.41. The van der Waals surface area contributed by atoms with E-state index in [0.29, 0.717) is 19.1 Å². The van der Waals surface area contributed by atoms with Crippen LogP contribution in [0, 0.1) is 12.8 Å². The Kier molecular flexibility index (Phi) is 5.34. The van der Waals surface area contributed by atoms with Crippen molar-refractivity contribution < 1.29 is 14.3 Å². The molecule has 0 saturated carbocycles. The van der Waals surface area contributed by atoms with Crippen LogP contribution in [-0.2, 0) is 20.9 Å². The lowest BCUT2D eigenvalue weighted by molar-refractivity contribution is -0.145. The van der Waals surface area contributed by atoms with Gasteiger partial charge in [0, 0.05) is 19.7 Å². The number of ether oxygens (including phenoxy) is 2. The van der Waals surface area contributed by atoms with E-state index in [4.69, 9.17) is 9.47 Å². The van der Waals surface area contributed by atoms with Crippen LogP contribution in [0.2, 0.25) is 0 Å². The predicted octanol–water partition coefficient (Wildman–Crippen LogP) is 2.93. The predicted molar refractivity (Wildman–Crippen MR) is 89.1 cm³/mol. The number of likely N-dealkylation sites (tertiary alicyclic amines) is 1. The topological polar surface area (TPSA) is 38.8 Å². The third kappa shape index (κ3) is 3.93. The average Bonchev–Trinajstić information content (AvgIpc) is 3.00. The fraction of sp³-hybridized carbons (Fsp3) is 0.632. The van der Waals surface area contributed by atoms with Crippen LogP contribution in [0.15, 0.2) is 24.3 Å². The van der Waals surface area contributed by atoms with Crippen LogP contribution in [0.3, 0.4) is 0 Å². The van der Waals surface area contributed by atoms with Crippen molar-refractivity contribution in [1.29, 1.82) is 0 Å². The SMILES string of the molecule is Cc1ccccc1COC1CCN(C(=O)[C@H]2OCC[C@@H]2C)CC1. The summed E-state index contributed by atoms with van der Waals surface area (Å²) in [4.78, 5) is 14.5. The molecule has 1 aromatic carbocycles. The molecule has 2 aliphatic heterocycles. The van der Waals surface area contributed by atoms with Crippen LogP contribution in [0.1, 0.15) is 37.3 Å². The van der Waals surface area contributed by atoms with Gasteiger partial charge in [0.25, 0.3) is 5.91 Å². The van der Waals surface area contributed by atoms with Gasteiger partial charge in [-0.1, -0.05) is 31.2 Å². The quantitative estimate of drug-likeness (QED) is 0.857. The van der Waals surface area contributed by atoms with E-state index in [1.54, 1.807) is 0 Å². The van der Waals surface area contributed by atoms with Gasteiger partial charge in [-0.2, -0.15) is 0 Å². The normalized spacial score (nSPS) is 25.7. The van der Waals surface area contributed by atoms with Crippen molar-refractivity contribution in [2.45, 2.75) is 51.9 Å². The van der Waals surface area contributed by atoms with Gasteiger partial charge in [0.05, 0.1) is 12.7 Å². The van der Waals surface area contributed by atoms with Crippen molar-refractivity contribution in [3.8, 4) is 0 Å². The highest BCUT2D eigenvalue weighted by atomic mass is 16.5. The largest absolute Gasteiger partial charge is 0.373 e. The van der Waals surface area contributed by atoms with Crippen molar-refractivity contribution >= 4 is 5.91 Å². The molecule has 0 spiro atoms. The van der Waals surface area contributed by atoms with Crippen molar-refractivity contribution in [2.75, 3.05) is 19.7 Å². The van der Waals surface area contributed by atoms with E-state index < -0.39 is 0 Å². The van der Waals surface area contributed by atoms with Crippen LogP contribution in [0.4, 0.5) is 0 Å². The summed E-state index contributed by atoms with van der Waals surface area (Å²) in [7, 11) is 0. The zero-order valence-electron chi connectivity index (χ0n) is 14.2. The number of amides is 1. The van der Waals surface area contributed by atoms with Gasteiger partial charge in [-0.3, -0.25) is 4.79 Å². The summed E-state index contributed by atoms with van der Waals surface area (Å²) >= 11 is 0. The summed E-state index contributed by atoms with van der Waals surface area (Å²) in [5.41, 5.74) is 2.52. The number of piperidine rings is 1. The van der Waals surface area contributed by atoms with Gasteiger partial charge in [0.15, 0.2) is 0 Å². The monoisotopic (exact) mass is 317 g/mol. The molecule has 126 valence electrons. The Morgan fingerprint density at radius 1 is 1.26 bits per heavy atom. The number of nitrogens with zero attached hydrogens (tertiary/aromatic N) is 1. The lowest BCUT2D eigenvalue weighted by Crippen LogP contribution is -2.46. The minimum atomic E-state index is -0.223. The van der Waals surface area contributed by atoms with E-state index >= 15 is 0 Å². The summed E-state index contributed by atoms with van der Waals surface area (Å²) in [5.74, 6) is 0.518. The Morgan fingerprint density at radius 2 is 2.00 bits per heavy atom. The first kappa shape index (κ1) is 16.5. The molecule has 2 aliphatic rings. The molecule has 1 amide bonds. The fourth-order valence-electron chi connectivity index (χ4n) is 3.41. The van der Waals surface area contributed by atoms with E-state index in [-0.39, 0.29) is 18.1 Å². The molecule has 2 heterocycles. The summed E-state index contributed by atoms with van der Waals surface area (Å²) in [6.45, 7) is 7.16. The molecule has 0 unspecified atom stereocenters. The maximum Gasteiger partial charge on any atom is 0.251 e. The first-order valence-corrected chi connectivity index (χ1v) is 8.71. The molecule has 1 aromatic rings. The number of carbonyl (C=O) groups is 1. The molecule has 3 rings (SSSR count). The maximum absolute atomic E-state index is 12.5. The van der Waals surface area contributed by atoms with Gasteiger partial charge < -0.3 is 14.4 Å². The van der Waals surface area contributed by atoms with Crippen molar-refractivity contribution in [3.63, 3.8) is 0 Å². The van der Waals surface area contributed by atoms with Crippen molar-refractivity contribution in [1.82, 2.24) is 4.90 Å². The molecular weight excluding hydrogens is 290 g/mol. The number of rotatable bonds is 4. The Balaban J connectivity index is 1.45. The second-order valence-corrected chi connectivity index (χ2v) is 6.82. The molecule has 2 fully saturated rings. The first-order valence-electron chi connectivity index (χ1n) is 8.71. The lowest BCUT2D eigenvalue weighted by Gasteiger charge is -2.34. The number of carbonyl (C=O) groups excluding carboxylic acids is 1. The molecule has 23 heavy (non-hydrogen) atoms. The molecule has 0 N–H and O–H groups in total. The molecule has 2 saturated heterocycles. The highest BCUT2D eigenvalue weighted by Crippen LogP contribution is 2.24. The average molecular weight is 317 g/mol. The minimum Gasteiger partial charge on any atom is -0.373 e. The summed E-state index contributed by atoms with van der Waals surface area (Å²) in [6.07, 6.45) is 2.85. The van der Waals surface area contributed by atoms with Crippen LogP contribution in [0.5, 0.6) is 0 Å². The smallest absolute Gasteiger partial charge is 0.251 e. The number of aryl methyl sites for hydroxylation is 1. The van der Waals surface area contributed by atoms with Crippen molar-refractivity contribution in [2.24, 2.45) is 5.92 Å². The van der Waals surface area contributed by atoms with Gasteiger partial charge in [-0.15, -0.1) is 0 Å². The van der Waals surface area contributed by atoms with E-state index in [9.17, 15) is 4.79 Å². The number of hydrogen-bond acceptors (Lipinski definition) is 3. The first-order chi connectivity index (χ1) is 11.1. The highest BCUT2D eigenvalue weighted by molar-refractivity contribution is 5.81. The van der Waals surface area contributed by atoms with Crippen LogP contribution < -0.4 is 0 Å². The second kappa shape index (κ2) is 7.45. The van der Waals surface area contributed by atoms with Gasteiger partial charge in [0.2, 0.25) is 0 Å². The number of benzene rings is 1. The van der Waals surface area contributed by atoms with E-state index in [1.807, 2.05) is 4.90 Å². The van der Waals surface area contributed by atoms with Gasteiger partial charge >= 0.3 is 0 Å². The Bertz CT molecular complexity index is 537. The number of hydrogen-bond donors (Lipinski definition) is 0. The van der Waals surface area contributed by atoms with Crippen LogP contribution in [0.25, 0.3) is 0 Å². The molecular formula is C19H27NO3. The summed E-state index contributed by atoms with van der Waals surface area (Å²) < 4.78 is 11.7. The van der Waals surface area contributed by atoms with Crippen LogP contribution in [-0.4, -0.2) is 42.7 Å². The van der Waals surface area contributed by atoms with E-state index in [2.05, 4.69) is 38.1 Å².